The average Bonchev–Trinajstić information content (AvgIpc) is 2.65. The van der Waals surface area contributed by atoms with Gasteiger partial charge in [-0.05, 0) is 11.1 Å². The molecule has 4 nitrogen and oxygen atoms in total. The third-order valence-corrected chi connectivity index (χ3v) is 4.70. The van der Waals surface area contributed by atoms with Crippen LogP contribution in [-0.2, 0) is 0 Å². The minimum atomic E-state index is -0.437. The molecule has 2 aromatic rings. The van der Waals surface area contributed by atoms with E-state index >= 15 is 0 Å². The molecule has 3 rings (SSSR count). The van der Waals surface area contributed by atoms with Gasteiger partial charge in [0.2, 0.25) is 0 Å². The zero-order valence-corrected chi connectivity index (χ0v) is 14.0. The summed E-state index contributed by atoms with van der Waals surface area (Å²) in [6, 6.07) is 19.6. The number of benzene rings is 2. The quantitative estimate of drug-likeness (QED) is 0.853. The maximum absolute atomic E-state index is 10.3. The molecule has 0 saturated carbocycles. The maximum atomic E-state index is 10.3. The van der Waals surface area contributed by atoms with Crippen molar-refractivity contribution in [2.45, 2.75) is 12.2 Å². The second-order valence-electron chi connectivity index (χ2n) is 6.45. The Balaban J connectivity index is 1.44. The van der Waals surface area contributed by atoms with E-state index in [0.717, 1.165) is 37.3 Å². The highest BCUT2D eigenvalue weighted by Crippen LogP contribution is 2.17. The van der Waals surface area contributed by atoms with E-state index in [9.17, 15) is 10.2 Å². The summed E-state index contributed by atoms with van der Waals surface area (Å²) in [6.07, 6.45) is -0.875. The maximum Gasteiger partial charge on any atom is 0.0916 e. The zero-order chi connectivity index (χ0) is 16.8. The predicted molar refractivity (Wildman–Crippen MR) is 95.7 cm³/mol. The van der Waals surface area contributed by atoms with E-state index in [4.69, 9.17) is 0 Å². The summed E-state index contributed by atoms with van der Waals surface area (Å²) in [4.78, 5) is 4.59. The highest BCUT2D eigenvalue weighted by atomic mass is 16.3. The molecular formula is C20H26N2O2. The van der Waals surface area contributed by atoms with Crippen molar-refractivity contribution in [2.75, 3.05) is 39.3 Å². The van der Waals surface area contributed by atoms with E-state index in [1.165, 1.54) is 0 Å². The predicted octanol–water partition coefficient (Wildman–Crippen LogP) is 2.07. The molecule has 0 bridgehead atoms. The Bertz CT molecular complexity index is 542. The zero-order valence-electron chi connectivity index (χ0n) is 14.0. The number of hydrogen-bond donors (Lipinski definition) is 2. The van der Waals surface area contributed by atoms with Crippen LogP contribution in [0.2, 0.25) is 0 Å². The number of nitrogens with zero attached hydrogens (tertiary/aromatic N) is 2. The Morgan fingerprint density at radius 1 is 0.625 bits per heavy atom. The van der Waals surface area contributed by atoms with Gasteiger partial charge in [-0.1, -0.05) is 60.7 Å². The van der Waals surface area contributed by atoms with E-state index in [1.807, 2.05) is 60.7 Å². The minimum Gasteiger partial charge on any atom is -0.387 e. The fraction of sp³-hybridized carbons (Fsp3) is 0.400. The summed E-state index contributed by atoms with van der Waals surface area (Å²) in [6.45, 7) is 5.02. The number of aliphatic hydroxyl groups excluding tert-OH is 2. The fourth-order valence-electron chi connectivity index (χ4n) is 3.20. The smallest absolute Gasteiger partial charge is 0.0916 e. The van der Waals surface area contributed by atoms with Crippen LogP contribution in [-0.4, -0.2) is 59.3 Å². The molecule has 1 aliphatic heterocycles. The molecule has 2 aromatic carbocycles. The summed E-state index contributed by atoms with van der Waals surface area (Å²) >= 11 is 0. The monoisotopic (exact) mass is 326 g/mol. The summed E-state index contributed by atoms with van der Waals surface area (Å²) in [5.41, 5.74) is 1.94. The van der Waals surface area contributed by atoms with Crippen LogP contribution in [0.1, 0.15) is 23.3 Å². The van der Waals surface area contributed by atoms with Gasteiger partial charge in [-0.25, -0.2) is 0 Å². The molecule has 2 N–H and O–H groups in total. The van der Waals surface area contributed by atoms with Gasteiger partial charge in [-0.15, -0.1) is 0 Å². The van der Waals surface area contributed by atoms with Gasteiger partial charge in [-0.2, -0.15) is 0 Å². The van der Waals surface area contributed by atoms with Crippen molar-refractivity contribution >= 4 is 0 Å². The third kappa shape index (κ3) is 4.65. The van der Waals surface area contributed by atoms with E-state index in [2.05, 4.69) is 9.80 Å². The van der Waals surface area contributed by atoms with Crippen LogP contribution in [0.3, 0.4) is 0 Å². The van der Waals surface area contributed by atoms with Gasteiger partial charge in [-0.3, -0.25) is 9.80 Å². The van der Waals surface area contributed by atoms with Crippen molar-refractivity contribution in [1.29, 1.82) is 0 Å². The molecule has 128 valence electrons. The molecule has 4 heteroatoms. The molecule has 1 heterocycles. The van der Waals surface area contributed by atoms with Gasteiger partial charge in [0, 0.05) is 39.3 Å². The van der Waals surface area contributed by atoms with Crippen LogP contribution >= 0.6 is 0 Å². The van der Waals surface area contributed by atoms with E-state index in [-0.39, 0.29) is 0 Å². The summed E-state index contributed by atoms with van der Waals surface area (Å²) in [5, 5.41) is 20.7. The van der Waals surface area contributed by atoms with E-state index in [1.54, 1.807) is 0 Å². The molecule has 0 unspecified atom stereocenters. The normalized spacial score (nSPS) is 19.1. The van der Waals surface area contributed by atoms with Crippen molar-refractivity contribution in [3.05, 3.63) is 71.8 Å². The number of piperazine rings is 1. The van der Waals surface area contributed by atoms with E-state index < -0.39 is 12.2 Å². The van der Waals surface area contributed by atoms with Crippen LogP contribution in [0, 0.1) is 0 Å². The first kappa shape index (κ1) is 17.1. The molecule has 1 fully saturated rings. The molecule has 2 atom stereocenters. The van der Waals surface area contributed by atoms with Crippen LogP contribution in [0.5, 0.6) is 0 Å². The van der Waals surface area contributed by atoms with Gasteiger partial charge in [0.05, 0.1) is 12.2 Å². The standard InChI is InChI=1S/C20H26N2O2/c23-19(17-7-3-1-4-8-17)15-21-11-13-22(14-12-21)16-20(24)18-9-5-2-6-10-18/h1-10,19-20,23-24H,11-16H2/t19-,20-/m0/s1. The van der Waals surface area contributed by atoms with Crippen molar-refractivity contribution in [3.8, 4) is 0 Å². The topological polar surface area (TPSA) is 46.9 Å². The largest absolute Gasteiger partial charge is 0.387 e. The van der Waals surface area contributed by atoms with Crippen molar-refractivity contribution in [3.63, 3.8) is 0 Å². The summed E-state index contributed by atoms with van der Waals surface area (Å²) < 4.78 is 0. The molecule has 0 aliphatic carbocycles. The van der Waals surface area contributed by atoms with Crippen molar-refractivity contribution < 1.29 is 10.2 Å². The second-order valence-corrected chi connectivity index (χ2v) is 6.45. The highest BCUT2D eigenvalue weighted by Gasteiger charge is 2.21. The SMILES string of the molecule is O[C@@H](CN1CCN(C[C@H](O)c2ccccc2)CC1)c1ccccc1. The molecule has 24 heavy (non-hydrogen) atoms. The Morgan fingerprint density at radius 2 is 0.958 bits per heavy atom. The summed E-state index contributed by atoms with van der Waals surface area (Å²) in [5.74, 6) is 0. The lowest BCUT2D eigenvalue weighted by atomic mass is 10.1. The van der Waals surface area contributed by atoms with Crippen LogP contribution in [0.25, 0.3) is 0 Å². The fourth-order valence-corrected chi connectivity index (χ4v) is 3.20. The number of aliphatic hydroxyl groups is 2. The Labute approximate surface area is 144 Å². The van der Waals surface area contributed by atoms with Gasteiger partial charge in [0.15, 0.2) is 0 Å². The first-order chi connectivity index (χ1) is 11.7. The van der Waals surface area contributed by atoms with Crippen LogP contribution in [0.4, 0.5) is 0 Å². The van der Waals surface area contributed by atoms with Crippen molar-refractivity contribution in [1.82, 2.24) is 9.80 Å². The molecule has 0 spiro atoms. The number of β-amino-alcohol motifs (C(OH)–C–C–N with tert-alkyl or cyclic N) is 2. The Kier molecular flexibility index (Phi) is 5.99. The molecule has 0 radical (unpaired) electrons. The summed E-state index contributed by atoms with van der Waals surface area (Å²) in [7, 11) is 0. The second kappa shape index (κ2) is 8.40. The molecule has 1 saturated heterocycles. The average molecular weight is 326 g/mol. The van der Waals surface area contributed by atoms with Gasteiger partial charge in [0.25, 0.3) is 0 Å². The third-order valence-electron chi connectivity index (χ3n) is 4.70. The number of hydrogen-bond acceptors (Lipinski definition) is 4. The van der Waals surface area contributed by atoms with E-state index in [0.29, 0.717) is 13.1 Å². The van der Waals surface area contributed by atoms with Gasteiger partial charge >= 0.3 is 0 Å². The molecule has 0 aromatic heterocycles. The lowest BCUT2D eigenvalue weighted by Gasteiger charge is -2.36. The molecule has 0 amide bonds. The van der Waals surface area contributed by atoms with Crippen molar-refractivity contribution in [2.24, 2.45) is 0 Å². The lowest BCUT2D eigenvalue weighted by Crippen LogP contribution is -2.48. The first-order valence-electron chi connectivity index (χ1n) is 8.63. The van der Waals surface area contributed by atoms with Crippen LogP contribution in [0.15, 0.2) is 60.7 Å². The highest BCUT2D eigenvalue weighted by molar-refractivity contribution is 5.18. The minimum absolute atomic E-state index is 0.437. The Hall–Kier alpha value is -1.72. The Morgan fingerprint density at radius 3 is 1.29 bits per heavy atom. The van der Waals surface area contributed by atoms with Gasteiger partial charge < -0.3 is 10.2 Å². The van der Waals surface area contributed by atoms with Gasteiger partial charge in [0.1, 0.15) is 0 Å². The number of rotatable bonds is 6. The first-order valence-corrected chi connectivity index (χ1v) is 8.63. The lowest BCUT2D eigenvalue weighted by molar-refractivity contribution is 0.0482. The molecule has 1 aliphatic rings. The van der Waals surface area contributed by atoms with Crippen LogP contribution < -0.4 is 0 Å². The molecular weight excluding hydrogens is 300 g/mol.